The van der Waals surface area contributed by atoms with Gasteiger partial charge in [-0.05, 0) is 18.8 Å². The molecular formula is C12H23KO2. The SMILES string of the molecule is CCCCCCC(CCCC)C(=O)[O-].[K+]. The molecule has 0 aliphatic rings. The summed E-state index contributed by atoms with van der Waals surface area (Å²) in [5.74, 6) is -1.05. The van der Waals surface area contributed by atoms with Crippen LogP contribution in [0.5, 0.6) is 0 Å². The topological polar surface area (TPSA) is 40.1 Å². The number of carboxylic acids is 1. The molecule has 0 N–H and O–H groups in total. The maximum absolute atomic E-state index is 10.8. The maximum Gasteiger partial charge on any atom is 1.00 e. The fraction of sp³-hybridized carbons (Fsp3) is 0.917. The van der Waals surface area contributed by atoms with Crippen molar-refractivity contribution < 1.29 is 61.3 Å². The van der Waals surface area contributed by atoms with Crippen LogP contribution in [0.15, 0.2) is 0 Å². The molecule has 0 aromatic rings. The second kappa shape index (κ2) is 13.2. The number of hydrogen-bond donors (Lipinski definition) is 0. The smallest absolute Gasteiger partial charge is 0.550 e. The number of unbranched alkanes of at least 4 members (excludes halogenated alkanes) is 4. The van der Waals surface area contributed by atoms with E-state index in [1.165, 1.54) is 12.8 Å². The van der Waals surface area contributed by atoms with Gasteiger partial charge in [0.1, 0.15) is 0 Å². The van der Waals surface area contributed by atoms with E-state index in [0.29, 0.717) is 0 Å². The maximum atomic E-state index is 10.8. The number of carbonyl (C=O) groups is 1. The van der Waals surface area contributed by atoms with Gasteiger partial charge in [0.2, 0.25) is 0 Å². The van der Waals surface area contributed by atoms with Crippen molar-refractivity contribution in [3.63, 3.8) is 0 Å². The zero-order valence-corrected chi connectivity index (χ0v) is 13.7. The molecule has 0 heterocycles. The van der Waals surface area contributed by atoms with Crippen molar-refractivity contribution in [2.45, 2.75) is 65.2 Å². The Bertz CT molecular complexity index is 149. The molecule has 3 heteroatoms. The first-order valence-electron chi connectivity index (χ1n) is 5.93. The van der Waals surface area contributed by atoms with Gasteiger partial charge in [-0.3, -0.25) is 0 Å². The Balaban J connectivity index is 0. The Labute approximate surface area is 137 Å². The van der Waals surface area contributed by atoms with Gasteiger partial charge in [0, 0.05) is 5.97 Å². The van der Waals surface area contributed by atoms with Crippen LogP contribution in [0.3, 0.4) is 0 Å². The van der Waals surface area contributed by atoms with Gasteiger partial charge in [0.15, 0.2) is 0 Å². The molecule has 0 saturated heterocycles. The average Bonchev–Trinajstić information content (AvgIpc) is 2.16. The summed E-state index contributed by atoms with van der Waals surface area (Å²) in [6.07, 6.45) is 8.29. The second-order valence-corrected chi connectivity index (χ2v) is 4.01. The minimum atomic E-state index is -0.852. The summed E-state index contributed by atoms with van der Waals surface area (Å²) >= 11 is 0. The summed E-state index contributed by atoms with van der Waals surface area (Å²) in [4.78, 5) is 10.8. The van der Waals surface area contributed by atoms with Gasteiger partial charge in [-0.2, -0.15) is 0 Å². The number of aliphatic carboxylic acids is 1. The average molecular weight is 238 g/mol. The molecule has 84 valence electrons. The van der Waals surface area contributed by atoms with Crippen LogP contribution >= 0.6 is 0 Å². The molecule has 0 rings (SSSR count). The van der Waals surface area contributed by atoms with E-state index < -0.39 is 5.97 Å². The van der Waals surface area contributed by atoms with Crippen LogP contribution in [0.25, 0.3) is 0 Å². The van der Waals surface area contributed by atoms with E-state index in [9.17, 15) is 9.90 Å². The minimum absolute atomic E-state index is 0. The Morgan fingerprint density at radius 2 is 1.53 bits per heavy atom. The van der Waals surface area contributed by atoms with Crippen molar-refractivity contribution in [2.75, 3.05) is 0 Å². The first-order valence-corrected chi connectivity index (χ1v) is 5.93. The van der Waals surface area contributed by atoms with Crippen molar-refractivity contribution >= 4 is 5.97 Å². The molecule has 0 aliphatic carbocycles. The molecule has 0 aromatic carbocycles. The van der Waals surface area contributed by atoms with Gasteiger partial charge >= 0.3 is 51.4 Å². The summed E-state index contributed by atoms with van der Waals surface area (Å²) < 4.78 is 0. The van der Waals surface area contributed by atoms with Gasteiger partial charge in [0.05, 0.1) is 0 Å². The monoisotopic (exact) mass is 238 g/mol. The fourth-order valence-corrected chi connectivity index (χ4v) is 1.65. The third-order valence-electron chi connectivity index (χ3n) is 2.65. The molecule has 0 fully saturated rings. The Hall–Kier alpha value is 1.11. The molecule has 15 heavy (non-hydrogen) atoms. The van der Waals surface area contributed by atoms with Gasteiger partial charge < -0.3 is 9.90 Å². The largest absolute Gasteiger partial charge is 1.00 e. The Kier molecular flexibility index (Phi) is 16.2. The van der Waals surface area contributed by atoms with Crippen molar-refractivity contribution in [1.82, 2.24) is 0 Å². The van der Waals surface area contributed by atoms with E-state index in [0.717, 1.165) is 38.5 Å². The predicted octanol–water partition coefficient (Wildman–Crippen LogP) is -0.483. The Morgan fingerprint density at radius 3 is 2.00 bits per heavy atom. The number of hydrogen-bond acceptors (Lipinski definition) is 2. The van der Waals surface area contributed by atoms with E-state index in [4.69, 9.17) is 0 Å². The Morgan fingerprint density at radius 1 is 1.00 bits per heavy atom. The predicted molar refractivity (Wildman–Crippen MR) is 56.8 cm³/mol. The van der Waals surface area contributed by atoms with Crippen LogP contribution in [0.4, 0.5) is 0 Å². The van der Waals surface area contributed by atoms with Gasteiger partial charge in [-0.15, -0.1) is 0 Å². The summed E-state index contributed by atoms with van der Waals surface area (Å²) in [6.45, 7) is 4.25. The zero-order chi connectivity index (χ0) is 10.8. The molecule has 0 radical (unpaired) electrons. The van der Waals surface area contributed by atoms with Crippen LogP contribution in [0.2, 0.25) is 0 Å². The third-order valence-corrected chi connectivity index (χ3v) is 2.65. The van der Waals surface area contributed by atoms with Crippen LogP contribution in [0, 0.1) is 5.92 Å². The molecule has 0 bridgehead atoms. The zero-order valence-electron chi connectivity index (χ0n) is 10.6. The quantitative estimate of drug-likeness (QED) is 0.402. The molecule has 0 amide bonds. The second-order valence-electron chi connectivity index (χ2n) is 4.01. The van der Waals surface area contributed by atoms with E-state index in [2.05, 4.69) is 13.8 Å². The van der Waals surface area contributed by atoms with Crippen molar-refractivity contribution in [2.24, 2.45) is 5.92 Å². The van der Waals surface area contributed by atoms with Gasteiger partial charge in [-0.1, -0.05) is 52.4 Å². The fourth-order valence-electron chi connectivity index (χ4n) is 1.65. The molecule has 0 saturated carbocycles. The summed E-state index contributed by atoms with van der Waals surface area (Å²) in [5, 5.41) is 10.8. The third kappa shape index (κ3) is 11.4. The van der Waals surface area contributed by atoms with E-state index in [-0.39, 0.29) is 57.3 Å². The van der Waals surface area contributed by atoms with Gasteiger partial charge in [-0.25, -0.2) is 0 Å². The molecule has 1 atom stereocenters. The molecule has 0 aliphatic heterocycles. The number of carboxylic acid groups (broad SMARTS) is 1. The van der Waals surface area contributed by atoms with Crippen LogP contribution in [-0.4, -0.2) is 5.97 Å². The molecule has 0 spiro atoms. The molecule has 2 nitrogen and oxygen atoms in total. The molecule has 1 unspecified atom stereocenters. The van der Waals surface area contributed by atoms with Crippen LogP contribution < -0.4 is 56.5 Å². The first kappa shape index (κ1) is 18.5. The van der Waals surface area contributed by atoms with Crippen molar-refractivity contribution in [3.05, 3.63) is 0 Å². The van der Waals surface area contributed by atoms with E-state index >= 15 is 0 Å². The summed E-state index contributed by atoms with van der Waals surface area (Å²) in [6, 6.07) is 0. The number of carbonyl (C=O) groups excluding carboxylic acids is 1. The molecular weight excluding hydrogens is 215 g/mol. The van der Waals surface area contributed by atoms with Crippen LogP contribution in [-0.2, 0) is 4.79 Å². The van der Waals surface area contributed by atoms with Crippen molar-refractivity contribution in [3.8, 4) is 0 Å². The van der Waals surface area contributed by atoms with E-state index in [1.54, 1.807) is 0 Å². The summed E-state index contributed by atoms with van der Waals surface area (Å²) in [7, 11) is 0. The van der Waals surface area contributed by atoms with E-state index in [1.807, 2.05) is 0 Å². The minimum Gasteiger partial charge on any atom is -0.550 e. The molecule has 0 aromatic heterocycles. The van der Waals surface area contributed by atoms with Crippen molar-refractivity contribution in [1.29, 1.82) is 0 Å². The first-order chi connectivity index (χ1) is 6.72. The standard InChI is InChI=1S/C12H24O2.K/c1-3-5-7-8-10-11(12(13)14)9-6-4-2;/h11H,3-10H2,1-2H3,(H,13,14);/q;+1/p-1. The van der Waals surface area contributed by atoms with Gasteiger partial charge in [0.25, 0.3) is 0 Å². The normalized spacial score (nSPS) is 11.9. The van der Waals surface area contributed by atoms with Crippen LogP contribution in [0.1, 0.15) is 65.2 Å². The summed E-state index contributed by atoms with van der Waals surface area (Å²) in [5.41, 5.74) is 0. The number of rotatable bonds is 9.